The van der Waals surface area contributed by atoms with Gasteiger partial charge < -0.3 is 10.1 Å². The van der Waals surface area contributed by atoms with Crippen LogP contribution < -0.4 is 15.5 Å². The number of amidine groups is 1. The molecular formula is C14H15N5O3. The minimum atomic E-state index is -0.261. The number of carbonyl (C=O) groups is 1. The summed E-state index contributed by atoms with van der Waals surface area (Å²) in [6, 6.07) is 6.49. The van der Waals surface area contributed by atoms with Crippen LogP contribution in [0.25, 0.3) is 0 Å². The molecule has 1 aromatic heterocycles. The van der Waals surface area contributed by atoms with Gasteiger partial charge in [0.2, 0.25) is 0 Å². The van der Waals surface area contributed by atoms with Crippen molar-refractivity contribution >= 4 is 11.7 Å². The van der Waals surface area contributed by atoms with Crippen LogP contribution in [0.3, 0.4) is 0 Å². The van der Waals surface area contributed by atoms with Gasteiger partial charge in [0.05, 0.1) is 6.04 Å². The molecule has 2 heterocycles. The number of rotatable bonds is 3. The molecule has 0 saturated heterocycles. The van der Waals surface area contributed by atoms with Gasteiger partial charge >= 0.3 is 0 Å². The quantitative estimate of drug-likeness (QED) is 0.376. The van der Waals surface area contributed by atoms with E-state index in [1.165, 1.54) is 4.68 Å². The lowest BCUT2D eigenvalue weighted by molar-refractivity contribution is 0.0920. The normalized spacial score (nSPS) is 15.8. The summed E-state index contributed by atoms with van der Waals surface area (Å²) in [7, 11) is 1.70. The molecule has 114 valence electrons. The number of hydrogen-bond donors (Lipinski definition) is 4. The molecule has 0 fully saturated rings. The lowest BCUT2D eigenvalue weighted by Crippen LogP contribution is -2.30. The molecular weight excluding hydrogens is 286 g/mol. The number of fused-ring (bicyclic) bond motifs is 1. The average Bonchev–Trinajstić information content (AvgIpc) is 3.12. The van der Waals surface area contributed by atoms with Crippen LogP contribution in [0.4, 0.5) is 0 Å². The molecule has 1 atom stereocenters. The van der Waals surface area contributed by atoms with Gasteiger partial charge in [0.15, 0.2) is 0 Å². The fourth-order valence-corrected chi connectivity index (χ4v) is 2.38. The number of hydrogen-bond acceptors (Lipinski definition) is 5. The molecule has 8 heteroatoms. The van der Waals surface area contributed by atoms with Gasteiger partial charge in [0.25, 0.3) is 5.91 Å². The second kappa shape index (κ2) is 5.49. The summed E-state index contributed by atoms with van der Waals surface area (Å²) in [6.45, 7) is 0.322. The van der Waals surface area contributed by atoms with Crippen molar-refractivity contribution in [1.29, 1.82) is 5.41 Å². The molecule has 0 spiro atoms. The van der Waals surface area contributed by atoms with E-state index in [2.05, 4.69) is 10.4 Å². The maximum absolute atomic E-state index is 12.2. The first-order valence-corrected chi connectivity index (χ1v) is 6.65. The largest absolute Gasteiger partial charge is 0.491 e. The molecule has 2 aromatic rings. The summed E-state index contributed by atoms with van der Waals surface area (Å²) in [5, 5.41) is 23.2. The van der Waals surface area contributed by atoms with E-state index < -0.39 is 0 Å². The Morgan fingerprint density at radius 3 is 3.00 bits per heavy atom. The van der Waals surface area contributed by atoms with E-state index in [1.807, 2.05) is 0 Å². The molecule has 22 heavy (non-hydrogen) atoms. The molecule has 0 saturated carbocycles. The number of nitrogens with one attached hydrogen (secondary N) is 3. The highest BCUT2D eigenvalue weighted by Crippen LogP contribution is 2.33. The fraction of sp³-hybridized carbons (Fsp3) is 0.214. The van der Waals surface area contributed by atoms with Crippen molar-refractivity contribution < 1.29 is 14.7 Å². The Morgan fingerprint density at radius 2 is 2.32 bits per heavy atom. The van der Waals surface area contributed by atoms with Gasteiger partial charge in [-0.1, -0.05) is 12.1 Å². The number of aryl methyl sites for hydroxylation is 1. The Bertz CT molecular complexity index is 740. The van der Waals surface area contributed by atoms with Crippen molar-refractivity contribution in [3.63, 3.8) is 0 Å². The zero-order chi connectivity index (χ0) is 15.7. The monoisotopic (exact) mass is 301 g/mol. The number of aromatic nitrogens is 2. The molecule has 4 N–H and O–H groups in total. The Kier molecular flexibility index (Phi) is 3.51. The molecule has 1 aliphatic heterocycles. The molecule has 0 bridgehead atoms. The topological polar surface area (TPSA) is 112 Å². The summed E-state index contributed by atoms with van der Waals surface area (Å²) in [5.41, 5.74) is 3.60. The third-order valence-electron chi connectivity index (χ3n) is 3.55. The maximum Gasteiger partial charge on any atom is 0.270 e. The van der Waals surface area contributed by atoms with Gasteiger partial charge in [-0.25, -0.2) is 0 Å². The molecule has 1 unspecified atom stereocenters. The molecule has 0 radical (unpaired) electrons. The standard InChI is InChI=1S/C14H15N5O3/c1-19-11(4-5-16-19)14(20)17-10-7-22-12-6-8(13(15)18-21)2-3-9(10)12/h2-6,10,21H,7H2,1H3,(H2,15,18)(H,17,20). The lowest BCUT2D eigenvalue weighted by Gasteiger charge is -2.12. The van der Waals surface area contributed by atoms with Crippen LogP contribution in [0.5, 0.6) is 5.75 Å². The third-order valence-corrected chi connectivity index (χ3v) is 3.55. The maximum atomic E-state index is 12.2. The number of amides is 1. The van der Waals surface area contributed by atoms with Gasteiger partial charge in [0.1, 0.15) is 23.9 Å². The summed E-state index contributed by atoms with van der Waals surface area (Å²) in [5.74, 6) is 0.247. The average molecular weight is 301 g/mol. The number of hydroxylamine groups is 1. The predicted molar refractivity (Wildman–Crippen MR) is 77.1 cm³/mol. The van der Waals surface area contributed by atoms with Crippen molar-refractivity contribution in [2.75, 3.05) is 6.61 Å². The van der Waals surface area contributed by atoms with E-state index in [0.717, 1.165) is 5.56 Å². The molecule has 8 nitrogen and oxygen atoms in total. The SMILES string of the molecule is Cn1nccc1C(=O)NC1COc2cc(C(=N)NO)ccc21. The predicted octanol–water partition coefficient (Wildman–Crippen LogP) is 0.588. The lowest BCUT2D eigenvalue weighted by atomic mass is 10.1. The van der Waals surface area contributed by atoms with Crippen molar-refractivity contribution in [1.82, 2.24) is 20.6 Å². The second-order valence-corrected chi connectivity index (χ2v) is 4.92. The van der Waals surface area contributed by atoms with E-state index in [0.29, 0.717) is 23.6 Å². The van der Waals surface area contributed by atoms with Crippen LogP contribution in [0, 0.1) is 5.41 Å². The van der Waals surface area contributed by atoms with E-state index in [9.17, 15) is 4.79 Å². The van der Waals surface area contributed by atoms with Crippen molar-refractivity contribution in [2.24, 2.45) is 7.05 Å². The van der Waals surface area contributed by atoms with E-state index >= 15 is 0 Å². The van der Waals surface area contributed by atoms with Crippen molar-refractivity contribution in [3.8, 4) is 5.75 Å². The Labute approximate surface area is 126 Å². The first-order chi connectivity index (χ1) is 10.6. The molecule has 3 rings (SSSR count). The van der Waals surface area contributed by atoms with Gasteiger partial charge in [-0.2, -0.15) is 5.10 Å². The molecule has 0 aliphatic carbocycles. The highest BCUT2D eigenvalue weighted by atomic mass is 16.5. The number of benzene rings is 1. The summed E-state index contributed by atoms with van der Waals surface area (Å²) >= 11 is 0. The highest BCUT2D eigenvalue weighted by molar-refractivity contribution is 5.96. The van der Waals surface area contributed by atoms with Gasteiger partial charge in [-0.15, -0.1) is 0 Å². The molecule has 1 aliphatic rings. The third kappa shape index (κ3) is 2.40. The fourth-order valence-electron chi connectivity index (χ4n) is 2.38. The minimum absolute atomic E-state index is 0.117. The smallest absolute Gasteiger partial charge is 0.270 e. The first kappa shape index (κ1) is 14.1. The molecule has 1 amide bonds. The summed E-state index contributed by atoms with van der Waals surface area (Å²) < 4.78 is 7.06. The second-order valence-electron chi connectivity index (χ2n) is 4.92. The zero-order valence-electron chi connectivity index (χ0n) is 11.8. The van der Waals surface area contributed by atoms with Crippen LogP contribution in [0.15, 0.2) is 30.5 Å². The van der Waals surface area contributed by atoms with Crippen LogP contribution in [0.1, 0.15) is 27.7 Å². The highest BCUT2D eigenvalue weighted by Gasteiger charge is 2.27. The van der Waals surface area contributed by atoms with Gasteiger partial charge in [0, 0.05) is 24.4 Å². The van der Waals surface area contributed by atoms with Gasteiger partial charge in [-0.05, 0) is 12.1 Å². The number of ether oxygens (including phenoxy) is 1. The van der Waals surface area contributed by atoms with Gasteiger partial charge in [-0.3, -0.25) is 25.6 Å². The van der Waals surface area contributed by atoms with E-state index in [4.69, 9.17) is 15.4 Å². The first-order valence-electron chi connectivity index (χ1n) is 6.65. The Morgan fingerprint density at radius 1 is 1.50 bits per heavy atom. The van der Waals surface area contributed by atoms with Crippen LogP contribution in [-0.2, 0) is 7.05 Å². The van der Waals surface area contributed by atoms with E-state index in [1.54, 1.807) is 43.0 Å². The van der Waals surface area contributed by atoms with Crippen molar-refractivity contribution in [3.05, 3.63) is 47.3 Å². The Hall–Kier alpha value is -2.87. The minimum Gasteiger partial charge on any atom is -0.491 e. The Balaban J connectivity index is 1.79. The zero-order valence-corrected chi connectivity index (χ0v) is 11.8. The van der Waals surface area contributed by atoms with E-state index in [-0.39, 0.29) is 17.8 Å². The van der Waals surface area contributed by atoms with Crippen LogP contribution >= 0.6 is 0 Å². The summed E-state index contributed by atoms with van der Waals surface area (Å²) in [6.07, 6.45) is 1.56. The number of carbonyl (C=O) groups excluding carboxylic acids is 1. The number of nitrogens with zero attached hydrogens (tertiary/aromatic N) is 2. The van der Waals surface area contributed by atoms with Crippen LogP contribution in [0.2, 0.25) is 0 Å². The molecule has 1 aromatic carbocycles. The van der Waals surface area contributed by atoms with Crippen molar-refractivity contribution in [2.45, 2.75) is 6.04 Å². The summed E-state index contributed by atoms with van der Waals surface area (Å²) in [4.78, 5) is 12.2. The van der Waals surface area contributed by atoms with Crippen LogP contribution in [-0.4, -0.2) is 33.3 Å².